The maximum absolute atomic E-state index is 11.8. The normalized spacial score (nSPS) is 34.7. The van der Waals surface area contributed by atoms with Crippen LogP contribution in [0.2, 0.25) is 0 Å². The second-order valence-corrected chi connectivity index (χ2v) is 5.31. The number of fused-ring (bicyclic) bond motifs is 1. The largest absolute Gasteiger partial charge is 0.314 e. The van der Waals surface area contributed by atoms with Gasteiger partial charge in [-0.05, 0) is 0 Å². The quantitative estimate of drug-likeness (QED) is 0.587. The van der Waals surface area contributed by atoms with Crippen LogP contribution in [0, 0.1) is 0 Å². The van der Waals surface area contributed by atoms with Crippen LogP contribution >= 0.6 is 0 Å². The molecule has 2 aliphatic heterocycles. The van der Waals surface area contributed by atoms with Gasteiger partial charge in [-0.3, -0.25) is 0 Å². The first-order valence-electron chi connectivity index (χ1n) is 4.64. The highest BCUT2D eigenvalue weighted by atomic mass is 32.2. The van der Waals surface area contributed by atoms with E-state index in [0.717, 1.165) is 13.1 Å². The van der Waals surface area contributed by atoms with Crippen LogP contribution in [0.1, 0.15) is 6.92 Å². The minimum atomic E-state index is -3.11. The van der Waals surface area contributed by atoms with E-state index in [1.807, 2.05) is 6.92 Å². The van der Waals surface area contributed by atoms with Crippen LogP contribution in [0.4, 0.5) is 0 Å². The van der Waals surface area contributed by atoms with Crippen LogP contribution in [-0.2, 0) is 10.2 Å². The summed E-state index contributed by atoms with van der Waals surface area (Å²) in [6.45, 7) is 5.27. The van der Waals surface area contributed by atoms with Crippen molar-refractivity contribution in [1.82, 2.24) is 13.9 Å². The summed E-state index contributed by atoms with van der Waals surface area (Å²) in [5.41, 5.74) is 0. The van der Waals surface area contributed by atoms with E-state index in [0.29, 0.717) is 19.6 Å². The van der Waals surface area contributed by atoms with E-state index in [4.69, 9.17) is 0 Å². The number of likely N-dealkylation sites (N-methyl/N-ethyl adjacent to an activating group) is 1. The Morgan fingerprint density at radius 1 is 1.54 bits per heavy atom. The zero-order valence-corrected chi connectivity index (χ0v) is 8.55. The lowest BCUT2D eigenvalue weighted by Gasteiger charge is -2.27. The van der Waals surface area contributed by atoms with Crippen LogP contribution < -0.4 is 5.32 Å². The summed E-state index contributed by atoms with van der Waals surface area (Å²) in [5.74, 6) is 0. The van der Waals surface area contributed by atoms with Crippen LogP contribution in [0.25, 0.3) is 0 Å². The number of piperazine rings is 1. The molecule has 0 amide bonds. The first-order chi connectivity index (χ1) is 6.16. The van der Waals surface area contributed by atoms with Crippen LogP contribution in [0.3, 0.4) is 0 Å². The number of rotatable bonds is 1. The molecular weight excluding hydrogens is 190 g/mol. The molecule has 2 heterocycles. The lowest BCUT2D eigenvalue weighted by molar-refractivity contribution is 0.290. The molecule has 0 aliphatic carbocycles. The molecule has 0 saturated carbocycles. The van der Waals surface area contributed by atoms with E-state index < -0.39 is 10.2 Å². The maximum Gasteiger partial charge on any atom is 0.282 e. The molecular formula is C7H15N3O2S. The van der Waals surface area contributed by atoms with E-state index in [1.165, 1.54) is 0 Å². The highest BCUT2D eigenvalue weighted by Crippen LogP contribution is 2.22. The van der Waals surface area contributed by atoms with Crippen LogP contribution in [0.5, 0.6) is 0 Å². The van der Waals surface area contributed by atoms with E-state index in [-0.39, 0.29) is 6.04 Å². The molecule has 13 heavy (non-hydrogen) atoms. The highest BCUT2D eigenvalue weighted by Gasteiger charge is 2.43. The third kappa shape index (κ3) is 1.38. The van der Waals surface area contributed by atoms with Crippen molar-refractivity contribution in [2.45, 2.75) is 13.0 Å². The van der Waals surface area contributed by atoms with Crippen molar-refractivity contribution in [2.75, 3.05) is 32.7 Å². The van der Waals surface area contributed by atoms with Crippen molar-refractivity contribution in [3.8, 4) is 0 Å². The van der Waals surface area contributed by atoms with Gasteiger partial charge >= 0.3 is 0 Å². The molecule has 2 saturated heterocycles. The average molecular weight is 205 g/mol. The Kier molecular flexibility index (Phi) is 2.31. The summed E-state index contributed by atoms with van der Waals surface area (Å²) in [6.07, 6.45) is 0. The van der Waals surface area contributed by atoms with Crippen molar-refractivity contribution in [3.05, 3.63) is 0 Å². The van der Waals surface area contributed by atoms with Gasteiger partial charge in [-0.1, -0.05) is 6.92 Å². The van der Waals surface area contributed by atoms with Gasteiger partial charge in [0.2, 0.25) is 0 Å². The second kappa shape index (κ2) is 3.20. The molecule has 0 spiro atoms. The van der Waals surface area contributed by atoms with Crippen molar-refractivity contribution in [1.29, 1.82) is 0 Å². The average Bonchev–Trinajstić information content (AvgIpc) is 2.39. The number of hydrogen-bond acceptors (Lipinski definition) is 3. The smallest absolute Gasteiger partial charge is 0.282 e. The van der Waals surface area contributed by atoms with Crippen molar-refractivity contribution >= 4 is 10.2 Å². The molecule has 1 atom stereocenters. The predicted octanol–water partition coefficient (Wildman–Crippen LogP) is -1.16. The molecule has 2 aliphatic rings. The molecule has 2 rings (SSSR count). The van der Waals surface area contributed by atoms with Crippen molar-refractivity contribution < 1.29 is 8.42 Å². The van der Waals surface area contributed by atoms with Crippen molar-refractivity contribution in [3.63, 3.8) is 0 Å². The monoisotopic (exact) mass is 205 g/mol. The highest BCUT2D eigenvalue weighted by molar-refractivity contribution is 7.87. The summed E-state index contributed by atoms with van der Waals surface area (Å²) < 4.78 is 26.7. The predicted molar refractivity (Wildman–Crippen MR) is 49.5 cm³/mol. The number of hydrogen-bond donors (Lipinski definition) is 1. The lowest BCUT2D eigenvalue weighted by Crippen LogP contribution is -2.50. The first kappa shape index (κ1) is 9.39. The lowest BCUT2D eigenvalue weighted by atomic mass is 10.2. The minimum Gasteiger partial charge on any atom is -0.314 e. The standard InChI is InChI=1S/C7H15N3O2S/c1-2-9-6-7-5-8-3-4-10(7)13(9,11)12/h7-8H,2-6H2,1H3. The van der Waals surface area contributed by atoms with Crippen LogP contribution in [0.15, 0.2) is 0 Å². The molecule has 1 unspecified atom stereocenters. The zero-order valence-electron chi connectivity index (χ0n) is 7.73. The minimum absolute atomic E-state index is 0.152. The molecule has 2 fully saturated rings. The first-order valence-corrected chi connectivity index (χ1v) is 6.03. The number of nitrogens with zero attached hydrogens (tertiary/aromatic N) is 2. The van der Waals surface area contributed by atoms with Crippen molar-refractivity contribution in [2.24, 2.45) is 0 Å². The van der Waals surface area contributed by atoms with Gasteiger partial charge < -0.3 is 5.32 Å². The van der Waals surface area contributed by atoms with Gasteiger partial charge in [0.25, 0.3) is 10.2 Å². The van der Waals surface area contributed by atoms with E-state index in [9.17, 15) is 8.42 Å². The summed E-state index contributed by atoms with van der Waals surface area (Å²) in [5, 5.41) is 3.21. The summed E-state index contributed by atoms with van der Waals surface area (Å²) >= 11 is 0. The zero-order chi connectivity index (χ0) is 9.47. The van der Waals surface area contributed by atoms with E-state index in [2.05, 4.69) is 5.32 Å². The third-order valence-corrected chi connectivity index (χ3v) is 4.82. The molecule has 0 aromatic carbocycles. The fraction of sp³-hybridized carbons (Fsp3) is 1.00. The SMILES string of the molecule is CCN1CC2CNCCN2S1(=O)=O. The molecule has 76 valence electrons. The summed E-state index contributed by atoms with van der Waals surface area (Å²) in [7, 11) is -3.11. The van der Waals surface area contributed by atoms with E-state index in [1.54, 1.807) is 8.61 Å². The molecule has 0 radical (unpaired) electrons. The topological polar surface area (TPSA) is 52.6 Å². The second-order valence-electron chi connectivity index (χ2n) is 3.43. The third-order valence-electron chi connectivity index (χ3n) is 2.69. The Labute approximate surface area is 78.9 Å². The molecule has 1 N–H and O–H groups in total. The molecule has 0 aromatic heterocycles. The van der Waals surface area contributed by atoms with Gasteiger partial charge in [0, 0.05) is 32.7 Å². The van der Waals surface area contributed by atoms with Crippen LogP contribution in [-0.4, -0.2) is 55.8 Å². The number of nitrogens with one attached hydrogen (secondary N) is 1. The molecule has 5 nitrogen and oxygen atoms in total. The van der Waals surface area contributed by atoms with Gasteiger partial charge in [0.05, 0.1) is 6.04 Å². The van der Waals surface area contributed by atoms with Gasteiger partial charge in [-0.15, -0.1) is 0 Å². The maximum atomic E-state index is 11.8. The molecule has 0 bridgehead atoms. The molecule has 6 heteroatoms. The Bertz CT molecular complexity index is 290. The Morgan fingerprint density at radius 2 is 2.31 bits per heavy atom. The van der Waals surface area contributed by atoms with Gasteiger partial charge in [-0.25, -0.2) is 0 Å². The fourth-order valence-electron chi connectivity index (χ4n) is 1.97. The van der Waals surface area contributed by atoms with E-state index >= 15 is 0 Å². The Balaban J connectivity index is 2.25. The van der Waals surface area contributed by atoms with Gasteiger partial charge in [0.1, 0.15) is 0 Å². The Hall–Kier alpha value is -0.170. The summed E-state index contributed by atoms with van der Waals surface area (Å²) in [4.78, 5) is 0. The fourth-order valence-corrected chi connectivity index (χ4v) is 3.79. The van der Waals surface area contributed by atoms with Gasteiger partial charge in [-0.2, -0.15) is 17.0 Å². The summed E-state index contributed by atoms with van der Waals surface area (Å²) in [6, 6.07) is 0.152. The van der Waals surface area contributed by atoms with Gasteiger partial charge in [0.15, 0.2) is 0 Å². The Morgan fingerprint density at radius 3 is 2.92 bits per heavy atom. The molecule has 0 aromatic rings.